The van der Waals surface area contributed by atoms with E-state index in [1.54, 1.807) is 13.8 Å². The summed E-state index contributed by atoms with van der Waals surface area (Å²) in [6.45, 7) is 1.55. The van der Waals surface area contributed by atoms with Gasteiger partial charge >= 0.3 is 6.18 Å². The van der Waals surface area contributed by atoms with Crippen molar-refractivity contribution in [2.24, 2.45) is 0 Å². The van der Waals surface area contributed by atoms with Crippen molar-refractivity contribution in [1.29, 1.82) is 0 Å². The topological polar surface area (TPSA) is 88.3 Å². The average Bonchev–Trinajstić information content (AvgIpc) is 2.55. The smallest absolute Gasteiger partial charge is 0.374 e. The minimum Gasteiger partial charge on any atom is -0.374 e. The number of anilines is 1. The van der Waals surface area contributed by atoms with Crippen LogP contribution in [0.5, 0.6) is 0 Å². The number of aliphatic hydroxyl groups is 1. The maximum absolute atomic E-state index is 13.6. The Balaban J connectivity index is 2.28. The zero-order valence-electron chi connectivity index (χ0n) is 14.6. The molecule has 2 heterocycles. The van der Waals surface area contributed by atoms with Crippen LogP contribution in [0.15, 0.2) is 24.3 Å². The van der Waals surface area contributed by atoms with Gasteiger partial charge in [0.1, 0.15) is 11.5 Å². The van der Waals surface area contributed by atoms with Gasteiger partial charge in [0, 0.05) is 16.1 Å². The number of nitrogens with zero attached hydrogens (tertiary/aromatic N) is 2. The van der Waals surface area contributed by atoms with Crippen molar-refractivity contribution < 1.29 is 27.6 Å². The number of halogens is 5. The molecule has 1 aliphatic rings. The summed E-state index contributed by atoms with van der Waals surface area (Å²) in [6, 6.07) is 4.93. The van der Waals surface area contributed by atoms with E-state index in [1.807, 2.05) is 0 Å². The Morgan fingerprint density at radius 2 is 1.96 bits per heavy atom. The lowest BCUT2D eigenvalue weighted by molar-refractivity contribution is -0.519. The van der Waals surface area contributed by atoms with Gasteiger partial charge in [-0.2, -0.15) is 13.2 Å². The number of fused-ring (bicyclic) bond motifs is 1. The van der Waals surface area contributed by atoms with E-state index in [2.05, 4.69) is 10.3 Å². The number of aromatic nitrogens is 1. The second-order valence-electron chi connectivity index (χ2n) is 7.01. The normalized spacial score (nSPS) is 17.1. The lowest BCUT2D eigenvalue weighted by Gasteiger charge is -2.43. The molecule has 1 atom stereocenters. The molecule has 2 N–H and O–H groups in total. The fourth-order valence-electron chi connectivity index (χ4n) is 3.07. The number of rotatable bonds is 4. The molecule has 0 amide bonds. The Morgan fingerprint density at radius 3 is 2.46 bits per heavy atom. The summed E-state index contributed by atoms with van der Waals surface area (Å²) in [5, 5.41) is 23.6. The van der Waals surface area contributed by atoms with Gasteiger partial charge in [-0.05, 0) is 38.1 Å². The minimum atomic E-state index is -5.36. The van der Waals surface area contributed by atoms with Gasteiger partial charge in [0.2, 0.25) is 6.54 Å². The molecule has 1 aliphatic heterocycles. The number of pyridine rings is 1. The maximum Gasteiger partial charge on any atom is 0.429 e. The molecule has 0 fully saturated rings. The highest BCUT2D eigenvalue weighted by Crippen LogP contribution is 2.50. The van der Waals surface area contributed by atoms with Gasteiger partial charge in [-0.3, -0.25) is 10.1 Å². The standard InChI is InChI=1S/C17H14ClF4N3O3/c1-15(2)9-6-12(8-3-4-11(19)10(18)5-8)23-14(13(9)24-15)16(26,7-25(27)28)17(20,21)22/h3-6,24,26H,7H2,1-2H3. The molecule has 6 nitrogen and oxygen atoms in total. The quantitative estimate of drug-likeness (QED) is 0.440. The Hall–Kier alpha value is -2.46. The van der Waals surface area contributed by atoms with E-state index in [0.29, 0.717) is 5.56 Å². The van der Waals surface area contributed by atoms with E-state index < -0.39 is 40.3 Å². The predicted octanol–water partition coefficient (Wildman–Crippen LogP) is 4.23. The SMILES string of the molecule is CC1(C)Nc2c1cc(-c1ccc(F)c(Cl)c1)nc2C(O)(C[N+](=O)[O-])C(F)(F)F. The molecule has 0 saturated carbocycles. The molecule has 150 valence electrons. The van der Waals surface area contributed by atoms with E-state index in [0.717, 1.165) is 6.07 Å². The molecule has 0 aliphatic carbocycles. The van der Waals surface area contributed by atoms with Gasteiger partial charge in [0.15, 0.2) is 0 Å². The van der Waals surface area contributed by atoms with E-state index in [4.69, 9.17) is 11.6 Å². The van der Waals surface area contributed by atoms with Crippen LogP contribution < -0.4 is 5.32 Å². The molecule has 3 rings (SSSR count). The van der Waals surface area contributed by atoms with Gasteiger partial charge in [-0.1, -0.05) is 11.6 Å². The molecule has 0 saturated heterocycles. The van der Waals surface area contributed by atoms with Crippen molar-refractivity contribution in [3.8, 4) is 11.3 Å². The molecule has 0 radical (unpaired) electrons. The van der Waals surface area contributed by atoms with Crippen LogP contribution in [0.2, 0.25) is 5.02 Å². The first-order valence-corrected chi connectivity index (χ1v) is 8.34. The molecule has 0 spiro atoms. The summed E-state index contributed by atoms with van der Waals surface area (Å²) in [6.07, 6.45) is -5.36. The predicted molar refractivity (Wildman–Crippen MR) is 93.1 cm³/mol. The summed E-state index contributed by atoms with van der Waals surface area (Å²) >= 11 is 5.74. The molecule has 28 heavy (non-hydrogen) atoms. The van der Waals surface area contributed by atoms with E-state index in [1.165, 1.54) is 18.2 Å². The zero-order chi connectivity index (χ0) is 21.1. The van der Waals surface area contributed by atoms with Crippen molar-refractivity contribution >= 4 is 17.3 Å². The number of alkyl halides is 3. The molecular weight excluding hydrogens is 406 g/mol. The van der Waals surface area contributed by atoms with Gasteiger partial charge in [-0.15, -0.1) is 0 Å². The number of benzene rings is 1. The largest absolute Gasteiger partial charge is 0.429 e. The third kappa shape index (κ3) is 3.16. The maximum atomic E-state index is 13.6. The van der Waals surface area contributed by atoms with Gasteiger partial charge in [0.25, 0.3) is 5.60 Å². The highest BCUT2D eigenvalue weighted by atomic mass is 35.5. The summed E-state index contributed by atoms with van der Waals surface area (Å²) < 4.78 is 54.3. The number of hydrogen-bond donors (Lipinski definition) is 2. The summed E-state index contributed by atoms with van der Waals surface area (Å²) in [5.41, 5.74) is -5.07. The van der Waals surface area contributed by atoms with E-state index >= 15 is 0 Å². The zero-order valence-corrected chi connectivity index (χ0v) is 15.3. The molecule has 1 aromatic carbocycles. The summed E-state index contributed by atoms with van der Waals surface area (Å²) in [5.74, 6) is -0.725. The van der Waals surface area contributed by atoms with E-state index in [9.17, 15) is 32.8 Å². The Labute approximate surface area is 161 Å². The second-order valence-corrected chi connectivity index (χ2v) is 7.41. The van der Waals surface area contributed by atoms with Crippen LogP contribution in [-0.2, 0) is 11.1 Å². The summed E-state index contributed by atoms with van der Waals surface area (Å²) in [7, 11) is 0. The number of hydrogen-bond acceptors (Lipinski definition) is 5. The highest BCUT2D eigenvalue weighted by Gasteiger charge is 2.62. The van der Waals surface area contributed by atoms with Crippen LogP contribution in [-0.4, -0.2) is 27.7 Å². The molecule has 1 aromatic heterocycles. The lowest BCUT2D eigenvalue weighted by Crippen LogP contribution is -2.51. The molecule has 0 bridgehead atoms. The monoisotopic (exact) mass is 419 g/mol. The van der Waals surface area contributed by atoms with Crippen LogP contribution in [0.3, 0.4) is 0 Å². The number of nitro groups is 1. The van der Waals surface area contributed by atoms with Crippen molar-refractivity contribution in [3.63, 3.8) is 0 Å². The van der Waals surface area contributed by atoms with Crippen molar-refractivity contribution in [2.45, 2.75) is 31.2 Å². The third-order valence-electron chi connectivity index (χ3n) is 4.56. The van der Waals surface area contributed by atoms with Crippen LogP contribution in [0.4, 0.5) is 23.2 Å². The second kappa shape index (κ2) is 6.28. The van der Waals surface area contributed by atoms with Crippen LogP contribution in [0, 0.1) is 15.9 Å². The van der Waals surface area contributed by atoms with Crippen molar-refractivity contribution in [1.82, 2.24) is 4.98 Å². The van der Waals surface area contributed by atoms with E-state index in [-0.39, 0.29) is 22.0 Å². The fraction of sp³-hybridized carbons (Fsp3) is 0.353. The van der Waals surface area contributed by atoms with Gasteiger partial charge in [-0.25, -0.2) is 9.37 Å². The molecule has 11 heteroatoms. The van der Waals surface area contributed by atoms with Crippen molar-refractivity contribution in [2.75, 3.05) is 11.9 Å². The third-order valence-corrected chi connectivity index (χ3v) is 4.85. The highest BCUT2D eigenvalue weighted by molar-refractivity contribution is 6.31. The molecule has 1 unspecified atom stereocenters. The van der Waals surface area contributed by atoms with Crippen LogP contribution in [0.1, 0.15) is 25.1 Å². The van der Waals surface area contributed by atoms with Gasteiger partial charge < -0.3 is 10.4 Å². The number of nitrogens with one attached hydrogen (secondary N) is 1. The first-order valence-electron chi connectivity index (χ1n) is 7.97. The van der Waals surface area contributed by atoms with Gasteiger partial charge in [0.05, 0.1) is 21.9 Å². The first kappa shape index (κ1) is 20.3. The Kier molecular flexibility index (Phi) is 4.55. The first-order chi connectivity index (χ1) is 12.8. The van der Waals surface area contributed by atoms with Crippen LogP contribution in [0.25, 0.3) is 11.3 Å². The molecular formula is C17H14ClF4N3O3. The fourth-order valence-corrected chi connectivity index (χ4v) is 3.25. The average molecular weight is 420 g/mol. The lowest BCUT2D eigenvalue weighted by atomic mass is 9.80. The Morgan fingerprint density at radius 1 is 1.32 bits per heavy atom. The Bertz CT molecular complexity index is 981. The van der Waals surface area contributed by atoms with Crippen LogP contribution >= 0.6 is 11.6 Å². The van der Waals surface area contributed by atoms with Crippen molar-refractivity contribution in [3.05, 3.63) is 56.5 Å². The minimum absolute atomic E-state index is 0.0313. The molecule has 2 aromatic rings. The summed E-state index contributed by atoms with van der Waals surface area (Å²) in [4.78, 5) is 13.5.